The Hall–Kier alpha value is -2.63. The zero-order valence-electron chi connectivity index (χ0n) is 13.8. The molecule has 2 aromatic heterocycles. The van der Waals surface area contributed by atoms with E-state index in [2.05, 4.69) is 25.1 Å². The van der Waals surface area contributed by atoms with Gasteiger partial charge in [0.05, 0.1) is 6.54 Å². The number of benzene rings is 1. The van der Waals surface area contributed by atoms with E-state index in [-0.39, 0.29) is 5.91 Å². The molecule has 0 unspecified atom stereocenters. The third kappa shape index (κ3) is 2.79. The van der Waals surface area contributed by atoms with Crippen molar-refractivity contribution in [1.29, 1.82) is 0 Å². The Balaban J connectivity index is 1.49. The molecule has 0 spiro atoms. The molecule has 6 heteroatoms. The number of carbonyl (C=O) groups excluding carboxylic acids is 1. The molecule has 2 N–H and O–H groups in total. The molecule has 1 aliphatic rings. The predicted molar refractivity (Wildman–Crippen MR) is 91.8 cm³/mol. The van der Waals surface area contributed by atoms with Crippen LogP contribution >= 0.6 is 0 Å². The van der Waals surface area contributed by atoms with Gasteiger partial charge in [0.2, 0.25) is 0 Å². The molecule has 3 aromatic rings. The minimum absolute atomic E-state index is 0.116. The first-order valence-electron chi connectivity index (χ1n) is 8.49. The summed E-state index contributed by atoms with van der Waals surface area (Å²) in [5.41, 5.74) is 2.73. The molecule has 124 valence electrons. The molecule has 1 amide bonds. The first-order chi connectivity index (χ1) is 11.7. The first kappa shape index (κ1) is 14.9. The molecule has 1 aromatic carbocycles. The lowest BCUT2D eigenvalue weighted by Crippen LogP contribution is -2.25. The van der Waals surface area contributed by atoms with Crippen molar-refractivity contribution in [3.63, 3.8) is 0 Å². The monoisotopic (exact) mass is 323 g/mol. The summed E-state index contributed by atoms with van der Waals surface area (Å²) >= 11 is 0. The zero-order chi connectivity index (χ0) is 16.5. The van der Waals surface area contributed by atoms with Crippen molar-refractivity contribution in [1.82, 2.24) is 25.1 Å². The largest absolute Gasteiger partial charge is 0.351 e. The lowest BCUT2D eigenvalue weighted by Gasteiger charge is -2.07. The van der Waals surface area contributed by atoms with E-state index in [0.29, 0.717) is 12.2 Å². The van der Waals surface area contributed by atoms with Crippen LogP contribution in [-0.4, -0.2) is 25.7 Å². The minimum atomic E-state index is -0.116. The van der Waals surface area contributed by atoms with Crippen LogP contribution in [0.5, 0.6) is 0 Å². The maximum absolute atomic E-state index is 12.4. The number of nitrogens with zero attached hydrogens (tertiary/aromatic N) is 3. The maximum atomic E-state index is 12.4. The van der Waals surface area contributed by atoms with Crippen LogP contribution < -0.4 is 5.32 Å². The van der Waals surface area contributed by atoms with Crippen LogP contribution in [0, 0.1) is 6.92 Å². The predicted octanol–water partition coefficient (Wildman–Crippen LogP) is 2.72. The molecular formula is C18H21N5O. The maximum Gasteiger partial charge on any atom is 0.268 e. The quantitative estimate of drug-likeness (QED) is 0.778. The van der Waals surface area contributed by atoms with Crippen molar-refractivity contribution in [2.75, 3.05) is 0 Å². The van der Waals surface area contributed by atoms with E-state index in [1.54, 1.807) is 0 Å². The highest BCUT2D eigenvalue weighted by atomic mass is 16.1. The highest BCUT2D eigenvalue weighted by Crippen LogP contribution is 2.17. The third-order valence-corrected chi connectivity index (χ3v) is 4.62. The van der Waals surface area contributed by atoms with Gasteiger partial charge in [-0.2, -0.15) is 0 Å². The van der Waals surface area contributed by atoms with Gasteiger partial charge >= 0.3 is 0 Å². The molecule has 0 aliphatic carbocycles. The van der Waals surface area contributed by atoms with E-state index in [1.807, 2.05) is 31.2 Å². The van der Waals surface area contributed by atoms with E-state index in [0.717, 1.165) is 41.9 Å². The Labute approximate surface area is 140 Å². The van der Waals surface area contributed by atoms with Gasteiger partial charge in [-0.05, 0) is 37.5 Å². The molecule has 0 bridgehead atoms. The average molecular weight is 323 g/mol. The summed E-state index contributed by atoms with van der Waals surface area (Å²) in [6.07, 6.45) is 4.51. The Bertz CT molecular complexity index is 892. The Morgan fingerprint density at radius 1 is 1.25 bits per heavy atom. The molecule has 24 heavy (non-hydrogen) atoms. The number of carbonyl (C=O) groups is 1. The lowest BCUT2D eigenvalue weighted by atomic mass is 10.2. The van der Waals surface area contributed by atoms with Gasteiger partial charge in [-0.15, -0.1) is 10.2 Å². The summed E-state index contributed by atoms with van der Waals surface area (Å²) in [5.74, 6) is 1.76. The standard InChI is InChI=1S/C18H21N5O/c1-12-6-7-13-10-15(20-14(13)9-12)18(24)19-11-17-22-21-16-5-3-2-4-8-23(16)17/h6-7,9-10,20H,2-5,8,11H2,1H3,(H,19,24). The topological polar surface area (TPSA) is 75.6 Å². The number of rotatable bonds is 3. The van der Waals surface area contributed by atoms with Gasteiger partial charge in [0, 0.05) is 23.9 Å². The molecule has 0 saturated carbocycles. The molecule has 0 saturated heterocycles. The highest BCUT2D eigenvalue weighted by Gasteiger charge is 2.16. The van der Waals surface area contributed by atoms with E-state index in [1.165, 1.54) is 18.4 Å². The zero-order valence-corrected chi connectivity index (χ0v) is 13.8. The van der Waals surface area contributed by atoms with Crippen LogP contribution in [0.2, 0.25) is 0 Å². The normalized spacial score (nSPS) is 14.4. The van der Waals surface area contributed by atoms with E-state index in [9.17, 15) is 4.79 Å². The number of hydrogen-bond acceptors (Lipinski definition) is 3. The van der Waals surface area contributed by atoms with Crippen LogP contribution in [0.1, 0.15) is 47.0 Å². The summed E-state index contributed by atoms with van der Waals surface area (Å²) in [5, 5.41) is 12.5. The molecule has 3 heterocycles. The van der Waals surface area contributed by atoms with Gasteiger partial charge in [0.25, 0.3) is 5.91 Å². The SMILES string of the molecule is Cc1ccc2cc(C(=O)NCc3nnc4n3CCCCC4)[nH]c2c1. The van der Waals surface area contributed by atoms with Gasteiger partial charge in [-0.25, -0.2) is 0 Å². The fourth-order valence-electron chi connectivity index (χ4n) is 3.29. The third-order valence-electron chi connectivity index (χ3n) is 4.62. The summed E-state index contributed by atoms with van der Waals surface area (Å²) in [6, 6.07) is 8.00. The number of aryl methyl sites for hydroxylation is 2. The summed E-state index contributed by atoms with van der Waals surface area (Å²) < 4.78 is 2.15. The molecule has 0 radical (unpaired) electrons. The van der Waals surface area contributed by atoms with Crippen LogP contribution in [-0.2, 0) is 19.5 Å². The number of aromatic amines is 1. The Kier molecular flexibility index (Phi) is 3.80. The number of H-pyrrole nitrogens is 1. The summed E-state index contributed by atoms with van der Waals surface area (Å²) in [4.78, 5) is 15.6. The summed E-state index contributed by atoms with van der Waals surface area (Å²) in [6.45, 7) is 3.39. The van der Waals surface area contributed by atoms with Crippen molar-refractivity contribution < 1.29 is 4.79 Å². The average Bonchev–Trinajstić information content (AvgIpc) is 3.09. The Morgan fingerprint density at radius 3 is 3.08 bits per heavy atom. The second kappa shape index (κ2) is 6.11. The minimum Gasteiger partial charge on any atom is -0.351 e. The Morgan fingerprint density at radius 2 is 2.17 bits per heavy atom. The summed E-state index contributed by atoms with van der Waals surface area (Å²) in [7, 11) is 0. The smallest absolute Gasteiger partial charge is 0.268 e. The fourth-order valence-corrected chi connectivity index (χ4v) is 3.29. The molecule has 6 nitrogen and oxygen atoms in total. The van der Waals surface area contributed by atoms with Crippen molar-refractivity contribution in [3.8, 4) is 0 Å². The highest BCUT2D eigenvalue weighted by molar-refractivity contribution is 5.98. The molecular weight excluding hydrogens is 302 g/mol. The molecule has 4 rings (SSSR count). The van der Waals surface area contributed by atoms with Crippen LogP contribution in [0.15, 0.2) is 24.3 Å². The lowest BCUT2D eigenvalue weighted by molar-refractivity contribution is 0.0945. The van der Waals surface area contributed by atoms with Gasteiger partial charge < -0.3 is 14.9 Å². The molecule has 0 atom stereocenters. The molecule has 0 fully saturated rings. The second-order valence-corrected chi connectivity index (χ2v) is 6.45. The van der Waals surface area contributed by atoms with Gasteiger partial charge in [-0.1, -0.05) is 18.6 Å². The van der Waals surface area contributed by atoms with Gasteiger partial charge in [-0.3, -0.25) is 4.79 Å². The number of amides is 1. The number of nitrogens with one attached hydrogen (secondary N) is 2. The van der Waals surface area contributed by atoms with Gasteiger partial charge in [0.1, 0.15) is 11.5 Å². The van der Waals surface area contributed by atoms with E-state index >= 15 is 0 Å². The van der Waals surface area contributed by atoms with E-state index in [4.69, 9.17) is 0 Å². The number of hydrogen-bond donors (Lipinski definition) is 2. The van der Waals surface area contributed by atoms with Crippen molar-refractivity contribution >= 4 is 16.8 Å². The van der Waals surface area contributed by atoms with Crippen LogP contribution in [0.3, 0.4) is 0 Å². The van der Waals surface area contributed by atoms with Crippen LogP contribution in [0.4, 0.5) is 0 Å². The fraction of sp³-hybridized carbons (Fsp3) is 0.389. The number of fused-ring (bicyclic) bond motifs is 2. The first-order valence-corrected chi connectivity index (χ1v) is 8.49. The van der Waals surface area contributed by atoms with Crippen LogP contribution in [0.25, 0.3) is 10.9 Å². The van der Waals surface area contributed by atoms with Gasteiger partial charge in [0.15, 0.2) is 5.82 Å². The van der Waals surface area contributed by atoms with E-state index < -0.39 is 0 Å². The van der Waals surface area contributed by atoms with Crippen molar-refractivity contribution in [2.24, 2.45) is 0 Å². The van der Waals surface area contributed by atoms with Crippen molar-refractivity contribution in [3.05, 3.63) is 47.2 Å². The second-order valence-electron chi connectivity index (χ2n) is 6.45. The molecule has 1 aliphatic heterocycles. The number of aromatic nitrogens is 4. The van der Waals surface area contributed by atoms with Crippen molar-refractivity contribution in [2.45, 2.75) is 45.7 Å².